The Bertz CT molecular complexity index is 342. The second-order valence-electron chi connectivity index (χ2n) is 2.52. The van der Waals surface area contributed by atoms with Gasteiger partial charge in [-0.05, 0) is 17.7 Å². The Morgan fingerprint density at radius 2 is 2.07 bits per heavy atom. The summed E-state index contributed by atoms with van der Waals surface area (Å²) in [5, 5.41) is 0. The molecule has 0 radical (unpaired) electrons. The summed E-state index contributed by atoms with van der Waals surface area (Å²) in [7, 11) is 1.35. The summed E-state index contributed by atoms with van der Waals surface area (Å²) in [5.41, 5.74) is 1.04. The van der Waals surface area contributed by atoms with E-state index in [1.807, 2.05) is 18.2 Å². The van der Waals surface area contributed by atoms with Crippen LogP contribution in [0.2, 0.25) is 0 Å². The van der Waals surface area contributed by atoms with Gasteiger partial charge in [0.25, 0.3) is 0 Å². The van der Waals surface area contributed by atoms with Gasteiger partial charge in [-0.15, -0.1) is 0 Å². The van der Waals surface area contributed by atoms with Crippen molar-refractivity contribution in [2.45, 2.75) is 0 Å². The number of hydrogen-bond acceptors (Lipinski definition) is 3. The number of nitrogens with zero attached hydrogens (tertiary/aromatic N) is 1. The Balaban J connectivity index is 2.50. The largest absolute Gasteiger partial charge is 0.466 e. The molecule has 3 heteroatoms. The van der Waals surface area contributed by atoms with E-state index in [2.05, 4.69) is 9.72 Å². The molecule has 3 nitrogen and oxygen atoms in total. The smallest absolute Gasteiger partial charge is 0.330 e. The SMILES string of the molecule is COC(=O)/C=C/C=C/c1ccncc1. The quantitative estimate of drug-likeness (QED) is 0.413. The molecule has 0 aliphatic heterocycles. The first kappa shape index (κ1) is 10.2. The normalized spacial score (nSPS) is 10.9. The van der Waals surface area contributed by atoms with Crippen LogP contribution in [-0.4, -0.2) is 18.1 Å². The molecule has 72 valence electrons. The van der Waals surface area contributed by atoms with E-state index in [1.54, 1.807) is 24.5 Å². The van der Waals surface area contributed by atoms with Crippen molar-refractivity contribution < 1.29 is 9.53 Å². The minimum atomic E-state index is -0.357. The van der Waals surface area contributed by atoms with E-state index >= 15 is 0 Å². The molecule has 1 aromatic rings. The molecule has 0 N–H and O–H groups in total. The van der Waals surface area contributed by atoms with Crippen molar-refractivity contribution in [1.82, 2.24) is 4.98 Å². The zero-order valence-electron chi connectivity index (χ0n) is 7.88. The highest BCUT2D eigenvalue weighted by atomic mass is 16.5. The number of methoxy groups -OCH3 is 1. The van der Waals surface area contributed by atoms with Crippen LogP contribution >= 0.6 is 0 Å². The van der Waals surface area contributed by atoms with Crippen LogP contribution < -0.4 is 0 Å². The van der Waals surface area contributed by atoms with Gasteiger partial charge in [-0.1, -0.05) is 18.2 Å². The van der Waals surface area contributed by atoms with Gasteiger partial charge in [-0.25, -0.2) is 4.79 Å². The van der Waals surface area contributed by atoms with Gasteiger partial charge in [0.1, 0.15) is 0 Å². The van der Waals surface area contributed by atoms with Gasteiger partial charge in [0.2, 0.25) is 0 Å². The number of esters is 1. The van der Waals surface area contributed by atoms with Crippen LogP contribution in [0.5, 0.6) is 0 Å². The maximum absolute atomic E-state index is 10.7. The third-order valence-corrected chi connectivity index (χ3v) is 1.54. The highest BCUT2D eigenvalue weighted by molar-refractivity contribution is 5.82. The predicted octanol–water partition coefficient (Wildman–Crippen LogP) is 1.82. The summed E-state index contributed by atoms with van der Waals surface area (Å²) in [6, 6.07) is 3.75. The molecule has 0 bridgehead atoms. The first-order chi connectivity index (χ1) is 6.83. The van der Waals surface area contributed by atoms with Crippen molar-refractivity contribution >= 4 is 12.0 Å². The van der Waals surface area contributed by atoms with Gasteiger partial charge in [-0.3, -0.25) is 4.98 Å². The monoisotopic (exact) mass is 189 g/mol. The van der Waals surface area contributed by atoms with Crippen LogP contribution in [0.4, 0.5) is 0 Å². The van der Waals surface area contributed by atoms with Crippen molar-refractivity contribution in [3.05, 3.63) is 48.3 Å². The summed E-state index contributed by atoms with van der Waals surface area (Å²) < 4.78 is 4.43. The van der Waals surface area contributed by atoms with Crippen molar-refractivity contribution in [3.8, 4) is 0 Å². The van der Waals surface area contributed by atoms with Gasteiger partial charge < -0.3 is 4.74 Å². The Kier molecular flexibility index (Phi) is 4.14. The number of carbonyl (C=O) groups is 1. The van der Waals surface area contributed by atoms with Crippen LogP contribution in [-0.2, 0) is 9.53 Å². The van der Waals surface area contributed by atoms with E-state index in [-0.39, 0.29) is 5.97 Å². The molecule has 1 heterocycles. The Hall–Kier alpha value is -1.90. The van der Waals surface area contributed by atoms with Crippen LogP contribution in [0.3, 0.4) is 0 Å². The van der Waals surface area contributed by atoms with Crippen molar-refractivity contribution in [2.24, 2.45) is 0 Å². The maximum atomic E-state index is 10.7. The fourth-order valence-electron chi connectivity index (χ4n) is 0.843. The average Bonchev–Trinajstić information content (AvgIpc) is 2.25. The summed E-state index contributed by atoms with van der Waals surface area (Å²) in [4.78, 5) is 14.6. The summed E-state index contributed by atoms with van der Waals surface area (Å²) in [6.45, 7) is 0. The molecule has 1 rings (SSSR count). The zero-order valence-corrected chi connectivity index (χ0v) is 7.88. The lowest BCUT2D eigenvalue weighted by atomic mass is 10.2. The molecule has 0 saturated heterocycles. The molecule has 0 spiro atoms. The lowest BCUT2D eigenvalue weighted by Crippen LogP contribution is -1.92. The second kappa shape index (κ2) is 5.70. The minimum absolute atomic E-state index is 0.357. The Labute approximate surface area is 82.7 Å². The van der Waals surface area contributed by atoms with Crippen LogP contribution in [0.15, 0.2) is 42.8 Å². The number of carbonyl (C=O) groups excluding carboxylic acids is 1. The molecule has 0 aliphatic rings. The van der Waals surface area contributed by atoms with Crippen LogP contribution in [0, 0.1) is 0 Å². The molecule has 0 aromatic carbocycles. The fourth-order valence-corrected chi connectivity index (χ4v) is 0.843. The second-order valence-corrected chi connectivity index (χ2v) is 2.52. The van der Waals surface area contributed by atoms with E-state index in [1.165, 1.54) is 13.2 Å². The number of ether oxygens (including phenoxy) is 1. The zero-order chi connectivity index (χ0) is 10.2. The van der Waals surface area contributed by atoms with E-state index in [0.717, 1.165) is 5.56 Å². The minimum Gasteiger partial charge on any atom is -0.466 e. The summed E-state index contributed by atoms with van der Waals surface area (Å²) in [6.07, 6.45) is 10.1. The van der Waals surface area contributed by atoms with Crippen molar-refractivity contribution in [3.63, 3.8) is 0 Å². The lowest BCUT2D eigenvalue weighted by Gasteiger charge is -1.88. The standard InChI is InChI=1S/C11H11NO2/c1-14-11(13)5-3-2-4-10-6-8-12-9-7-10/h2-9H,1H3/b4-2+,5-3+. The third-order valence-electron chi connectivity index (χ3n) is 1.54. The molecule has 0 amide bonds. The molecule has 0 saturated carbocycles. The topological polar surface area (TPSA) is 39.2 Å². The van der Waals surface area contributed by atoms with Crippen molar-refractivity contribution in [2.75, 3.05) is 7.11 Å². The molecule has 0 aliphatic carbocycles. The van der Waals surface area contributed by atoms with Gasteiger partial charge >= 0.3 is 5.97 Å². The lowest BCUT2D eigenvalue weighted by molar-refractivity contribution is -0.134. The summed E-state index contributed by atoms with van der Waals surface area (Å²) >= 11 is 0. The van der Waals surface area contributed by atoms with Crippen LogP contribution in [0.1, 0.15) is 5.56 Å². The van der Waals surface area contributed by atoms with Gasteiger partial charge in [-0.2, -0.15) is 0 Å². The van der Waals surface area contributed by atoms with Crippen molar-refractivity contribution in [1.29, 1.82) is 0 Å². The molecule has 0 atom stereocenters. The number of pyridine rings is 1. The molecule has 0 unspecified atom stereocenters. The maximum Gasteiger partial charge on any atom is 0.330 e. The average molecular weight is 189 g/mol. The molecule has 0 fully saturated rings. The predicted molar refractivity (Wildman–Crippen MR) is 54.4 cm³/mol. The van der Waals surface area contributed by atoms with E-state index in [9.17, 15) is 4.79 Å². The fraction of sp³-hybridized carbons (Fsp3) is 0.0909. The molecular formula is C11H11NO2. The molecule has 1 aromatic heterocycles. The third kappa shape index (κ3) is 3.67. The summed E-state index contributed by atoms with van der Waals surface area (Å²) in [5.74, 6) is -0.357. The highest BCUT2D eigenvalue weighted by Crippen LogP contribution is 1.98. The van der Waals surface area contributed by atoms with E-state index < -0.39 is 0 Å². The highest BCUT2D eigenvalue weighted by Gasteiger charge is 1.86. The first-order valence-electron chi connectivity index (χ1n) is 4.15. The number of rotatable bonds is 3. The number of aromatic nitrogens is 1. The van der Waals surface area contributed by atoms with Gasteiger partial charge in [0.15, 0.2) is 0 Å². The number of hydrogen-bond donors (Lipinski definition) is 0. The Morgan fingerprint density at radius 1 is 1.36 bits per heavy atom. The molecule has 14 heavy (non-hydrogen) atoms. The van der Waals surface area contributed by atoms with E-state index in [0.29, 0.717) is 0 Å². The van der Waals surface area contributed by atoms with E-state index in [4.69, 9.17) is 0 Å². The van der Waals surface area contributed by atoms with Gasteiger partial charge in [0.05, 0.1) is 7.11 Å². The number of allylic oxidation sites excluding steroid dienone is 2. The van der Waals surface area contributed by atoms with Crippen LogP contribution in [0.25, 0.3) is 6.08 Å². The first-order valence-corrected chi connectivity index (χ1v) is 4.15. The molecular weight excluding hydrogens is 178 g/mol. The Morgan fingerprint density at radius 3 is 2.71 bits per heavy atom. The van der Waals surface area contributed by atoms with Gasteiger partial charge in [0, 0.05) is 18.5 Å².